The number of cyclic esters (lactones) is 2. The van der Waals surface area contributed by atoms with E-state index in [9.17, 15) is 9.59 Å². The molecular weight excluding hydrogens is 220 g/mol. The fraction of sp³-hybridized carbons (Fsp3) is 0.692. The normalized spacial score (nSPS) is 22.8. The highest BCUT2D eigenvalue weighted by atomic mass is 16.6. The molecule has 0 bridgehead atoms. The molecule has 17 heavy (non-hydrogen) atoms. The van der Waals surface area contributed by atoms with Crippen LogP contribution in [0.2, 0.25) is 0 Å². The van der Waals surface area contributed by atoms with Crippen molar-refractivity contribution in [3.05, 3.63) is 12.2 Å². The molecule has 0 amide bonds. The lowest BCUT2D eigenvalue weighted by atomic mass is 10.1. The van der Waals surface area contributed by atoms with E-state index in [2.05, 4.69) is 0 Å². The summed E-state index contributed by atoms with van der Waals surface area (Å²) < 4.78 is 9.52. The Morgan fingerprint density at radius 1 is 0.765 bits per heavy atom. The van der Waals surface area contributed by atoms with Gasteiger partial charge in [0.05, 0.1) is 6.61 Å². The maximum atomic E-state index is 11.1. The first-order valence-electron chi connectivity index (χ1n) is 6.29. The SMILES string of the molecule is O=C1OC/C=C\CCCCCCCCOC1=O. The number of carbonyl (C=O) groups excluding carboxylic acids is 2. The molecule has 96 valence electrons. The van der Waals surface area contributed by atoms with Crippen molar-refractivity contribution in [2.24, 2.45) is 0 Å². The Morgan fingerprint density at radius 3 is 2.24 bits per heavy atom. The van der Waals surface area contributed by atoms with E-state index in [0.717, 1.165) is 25.7 Å². The lowest BCUT2D eigenvalue weighted by Gasteiger charge is -2.03. The highest BCUT2D eigenvalue weighted by Gasteiger charge is 2.16. The van der Waals surface area contributed by atoms with Gasteiger partial charge in [-0.15, -0.1) is 0 Å². The molecule has 0 aromatic carbocycles. The number of carbonyl (C=O) groups is 2. The maximum Gasteiger partial charge on any atom is 0.417 e. The molecule has 0 fully saturated rings. The lowest BCUT2D eigenvalue weighted by molar-refractivity contribution is -0.167. The minimum atomic E-state index is -0.899. The minimum absolute atomic E-state index is 0.147. The molecule has 0 aromatic rings. The lowest BCUT2D eigenvalue weighted by Crippen LogP contribution is -2.20. The number of esters is 2. The van der Waals surface area contributed by atoms with Crippen molar-refractivity contribution in [3.63, 3.8) is 0 Å². The van der Waals surface area contributed by atoms with Crippen molar-refractivity contribution < 1.29 is 19.1 Å². The zero-order valence-electron chi connectivity index (χ0n) is 10.2. The number of hydrogen-bond donors (Lipinski definition) is 0. The van der Waals surface area contributed by atoms with Gasteiger partial charge in [0.2, 0.25) is 0 Å². The molecule has 0 radical (unpaired) electrons. The molecule has 1 heterocycles. The van der Waals surface area contributed by atoms with Gasteiger partial charge in [0.1, 0.15) is 6.61 Å². The van der Waals surface area contributed by atoms with Gasteiger partial charge in [-0.25, -0.2) is 9.59 Å². The van der Waals surface area contributed by atoms with Crippen LogP contribution in [0.1, 0.15) is 44.9 Å². The second kappa shape index (κ2) is 8.79. The van der Waals surface area contributed by atoms with Gasteiger partial charge in [-0.3, -0.25) is 0 Å². The summed E-state index contributed by atoms with van der Waals surface area (Å²) in [6, 6.07) is 0. The standard InChI is InChI=1S/C13H20O4/c14-12-13(15)17-11-9-7-5-3-1-2-4-6-8-10-16-12/h6,8H,1-5,7,9-11H2/b8-6-. The van der Waals surface area contributed by atoms with Gasteiger partial charge in [-0.2, -0.15) is 0 Å². The molecule has 0 spiro atoms. The van der Waals surface area contributed by atoms with E-state index in [1.54, 1.807) is 6.08 Å². The first-order chi connectivity index (χ1) is 8.30. The van der Waals surface area contributed by atoms with Gasteiger partial charge in [0.25, 0.3) is 0 Å². The van der Waals surface area contributed by atoms with Crippen LogP contribution in [-0.4, -0.2) is 25.2 Å². The summed E-state index contributed by atoms with van der Waals surface area (Å²) in [5, 5.41) is 0. The fourth-order valence-electron chi connectivity index (χ4n) is 1.66. The predicted molar refractivity (Wildman–Crippen MR) is 63.4 cm³/mol. The van der Waals surface area contributed by atoms with Crippen molar-refractivity contribution in [1.29, 1.82) is 0 Å². The average Bonchev–Trinajstić information content (AvgIpc) is 2.34. The summed E-state index contributed by atoms with van der Waals surface area (Å²) in [5.74, 6) is -1.78. The van der Waals surface area contributed by atoms with Crippen LogP contribution in [0, 0.1) is 0 Å². The molecule has 4 nitrogen and oxygen atoms in total. The van der Waals surface area contributed by atoms with Crippen LogP contribution in [0.15, 0.2) is 12.2 Å². The van der Waals surface area contributed by atoms with E-state index in [1.165, 1.54) is 19.3 Å². The van der Waals surface area contributed by atoms with Crippen molar-refractivity contribution in [3.8, 4) is 0 Å². The highest BCUT2D eigenvalue weighted by molar-refractivity contribution is 6.29. The molecular formula is C13H20O4. The molecule has 0 N–H and O–H groups in total. The molecule has 1 aliphatic rings. The Hall–Kier alpha value is -1.32. The van der Waals surface area contributed by atoms with E-state index in [-0.39, 0.29) is 6.61 Å². The summed E-state index contributed by atoms with van der Waals surface area (Å²) in [7, 11) is 0. The van der Waals surface area contributed by atoms with Gasteiger partial charge in [0, 0.05) is 0 Å². The number of allylic oxidation sites excluding steroid dienone is 1. The molecule has 0 saturated heterocycles. The van der Waals surface area contributed by atoms with Crippen LogP contribution in [0.4, 0.5) is 0 Å². The zero-order chi connectivity index (χ0) is 12.3. The smallest absolute Gasteiger partial charge is 0.417 e. The van der Waals surface area contributed by atoms with Crippen molar-refractivity contribution in [1.82, 2.24) is 0 Å². The Kier molecular flexibility index (Phi) is 7.11. The quantitative estimate of drug-likeness (QED) is 0.370. The Morgan fingerprint density at radius 2 is 1.41 bits per heavy atom. The Labute approximate surface area is 102 Å². The van der Waals surface area contributed by atoms with Crippen LogP contribution in [0.25, 0.3) is 0 Å². The summed E-state index contributed by atoms with van der Waals surface area (Å²) >= 11 is 0. The number of hydrogen-bond acceptors (Lipinski definition) is 4. The third-order valence-corrected chi connectivity index (χ3v) is 2.64. The molecule has 0 atom stereocenters. The minimum Gasteiger partial charge on any atom is -0.457 e. The van der Waals surface area contributed by atoms with Crippen LogP contribution >= 0.6 is 0 Å². The first kappa shape index (κ1) is 13.7. The molecule has 1 rings (SSSR count). The summed E-state index contributed by atoms with van der Waals surface area (Å²) in [4.78, 5) is 22.3. The maximum absolute atomic E-state index is 11.1. The number of ether oxygens (including phenoxy) is 2. The van der Waals surface area contributed by atoms with Crippen LogP contribution in [-0.2, 0) is 19.1 Å². The van der Waals surface area contributed by atoms with E-state index in [1.807, 2.05) is 6.08 Å². The summed E-state index contributed by atoms with van der Waals surface area (Å²) in [6.45, 7) is 0.456. The molecule has 0 aliphatic carbocycles. The van der Waals surface area contributed by atoms with Crippen LogP contribution in [0.5, 0.6) is 0 Å². The zero-order valence-corrected chi connectivity index (χ0v) is 10.2. The fourth-order valence-corrected chi connectivity index (χ4v) is 1.66. The Bertz CT molecular complexity index is 271. The van der Waals surface area contributed by atoms with Gasteiger partial charge in [0.15, 0.2) is 0 Å². The molecule has 4 heteroatoms. The molecule has 1 aliphatic heterocycles. The summed E-state index contributed by atoms with van der Waals surface area (Å²) in [6.07, 6.45) is 11.4. The third-order valence-electron chi connectivity index (χ3n) is 2.64. The van der Waals surface area contributed by atoms with E-state index in [0.29, 0.717) is 6.61 Å². The molecule has 0 unspecified atom stereocenters. The van der Waals surface area contributed by atoms with Crippen LogP contribution < -0.4 is 0 Å². The molecule has 0 saturated carbocycles. The van der Waals surface area contributed by atoms with E-state index < -0.39 is 11.9 Å². The van der Waals surface area contributed by atoms with Gasteiger partial charge in [-0.05, 0) is 19.3 Å². The third kappa shape index (κ3) is 6.76. The molecule has 0 aromatic heterocycles. The second-order valence-electron chi connectivity index (χ2n) is 4.12. The predicted octanol–water partition coefficient (Wildman–Crippen LogP) is 2.37. The van der Waals surface area contributed by atoms with E-state index in [4.69, 9.17) is 9.47 Å². The highest BCUT2D eigenvalue weighted by Crippen LogP contribution is 2.08. The number of rotatable bonds is 0. The monoisotopic (exact) mass is 240 g/mol. The first-order valence-corrected chi connectivity index (χ1v) is 6.29. The van der Waals surface area contributed by atoms with Gasteiger partial charge >= 0.3 is 11.9 Å². The summed E-state index contributed by atoms with van der Waals surface area (Å²) in [5.41, 5.74) is 0. The van der Waals surface area contributed by atoms with Crippen LogP contribution in [0.3, 0.4) is 0 Å². The van der Waals surface area contributed by atoms with E-state index >= 15 is 0 Å². The van der Waals surface area contributed by atoms with Gasteiger partial charge < -0.3 is 9.47 Å². The average molecular weight is 240 g/mol. The second-order valence-corrected chi connectivity index (χ2v) is 4.12. The largest absolute Gasteiger partial charge is 0.457 e. The topological polar surface area (TPSA) is 52.6 Å². The van der Waals surface area contributed by atoms with Gasteiger partial charge in [-0.1, -0.05) is 37.8 Å². The van der Waals surface area contributed by atoms with Crippen molar-refractivity contribution in [2.75, 3.05) is 13.2 Å². The van der Waals surface area contributed by atoms with Crippen molar-refractivity contribution >= 4 is 11.9 Å². The van der Waals surface area contributed by atoms with Crippen molar-refractivity contribution in [2.45, 2.75) is 44.9 Å². The Balaban J connectivity index is 2.34.